The summed E-state index contributed by atoms with van der Waals surface area (Å²) in [6, 6.07) is 16.1. The Labute approximate surface area is 157 Å². The molecule has 24 heavy (non-hydrogen) atoms. The molecule has 1 aliphatic rings. The van der Waals surface area contributed by atoms with Gasteiger partial charge in [-0.1, -0.05) is 50.6 Å². The maximum atomic E-state index is 4.96. The van der Waals surface area contributed by atoms with Gasteiger partial charge >= 0.3 is 0 Å². The van der Waals surface area contributed by atoms with Gasteiger partial charge in [0.25, 0.3) is 0 Å². The van der Waals surface area contributed by atoms with Crippen molar-refractivity contribution in [3.05, 3.63) is 64.7 Å². The van der Waals surface area contributed by atoms with Gasteiger partial charge in [0.2, 0.25) is 0 Å². The van der Waals surface area contributed by atoms with Crippen LogP contribution in [0.5, 0.6) is 0 Å². The topological polar surface area (TPSA) is 12.9 Å². The van der Waals surface area contributed by atoms with Crippen molar-refractivity contribution in [1.29, 1.82) is 0 Å². The Morgan fingerprint density at radius 1 is 1.04 bits per heavy atom. The third kappa shape index (κ3) is 2.64. The zero-order chi connectivity index (χ0) is 16.2. The number of benzene rings is 2. The van der Waals surface area contributed by atoms with Crippen LogP contribution < -0.4 is 0 Å². The molecule has 3 aromatic rings. The number of rotatable bonds is 1. The van der Waals surface area contributed by atoms with Crippen LogP contribution in [0.25, 0.3) is 34.3 Å². The molecule has 1 nitrogen and oxygen atoms in total. The van der Waals surface area contributed by atoms with Gasteiger partial charge in [-0.3, -0.25) is 4.98 Å². The Morgan fingerprint density at radius 3 is 2.58 bits per heavy atom. The van der Waals surface area contributed by atoms with Crippen molar-refractivity contribution < 1.29 is 20.1 Å². The Morgan fingerprint density at radius 2 is 1.83 bits per heavy atom. The molecule has 0 atom stereocenters. The van der Waals surface area contributed by atoms with Gasteiger partial charge in [0.1, 0.15) is 0 Å². The fourth-order valence-electron chi connectivity index (χ4n) is 3.32. The molecule has 2 heteroatoms. The van der Waals surface area contributed by atoms with E-state index in [9.17, 15) is 0 Å². The molecule has 4 rings (SSSR count). The number of hydrogen-bond acceptors (Lipinski definition) is 1. The first-order chi connectivity index (χ1) is 10.9. The monoisotopic (exact) mass is 491 g/mol. The van der Waals surface area contributed by atoms with Crippen molar-refractivity contribution in [3.63, 3.8) is 0 Å². The second-order valence-corrected chi connectivity index (χ2v) is 7.31. The summed E-state index contributed by atoms with van der Waals surface area (Å²) in [6.07, 6.45) is 4.40. The van der Waals surface area contributed by atoms with Gasteiger partial charge in [-0.15, -0.1) is 35.4 Å². The van der Waals surface area contributed by atoms with E-state index in [0.29, 0.717) is 0 Å². The van der Waals surface area contributed by atoms with Crippen molar-refractivity contribution in [3.8, 4) is 11.3 Å². The van der Waals surface area contributed by atoms with E-state index in [1.54, 1.807) is 0 Å². The zero-order valence-electron chi connectivity index (χ0n) is 14.4. The molecule has 0 unspecified atom stereocenters. The summed E-state index contributed by atoms with van der Waals surface area (Å²) in [5.41, 5.74) is 8.44. The fourth-order valence-corrected chi connectivity index (χ4v) is 3.32. The Kier molecular flexibility index (Phi) is 4.23. The predicted octanol–water partition coefficient (Wildman–Crippen LogP) is 5.79. The second kappa shape index (κ2) is 5.95. The quantitative estimate of drug-likeness (QED) is 0.308. The van der Waals surface area contributed by atoms with Gasteiger partial charge in [0, 0.05) is 25.5 Å². The maximum Gasteiger partial charge on any atom is 0.0607 e. The van der Waals surface area contributed by atoms with E-state index in [0.717, 1.165) is 16.8 Å². The van der Waals surface area contributed by atoms with Crippen LogP contribution in [0.1, 0.15) is 43.0 Å². The maximum absolute atomic E-state index is 4.96. The van der Waals surface area contributed by atoms with Crippen LogP contribution in [-0.2, 0) is 25.5 Å². The van der Waals surface area contributed by atoms with E-state index >= 15 is 0 Å². The number of hydrogen-bond donors (Lipinski definition) is 0. The normalized spacial score (nSPS) is 12.5. The molecule has 0 bridgehead atoms. The molecule has 0 saturated heterocycles. The molecule has 123 valence electrons. The van der Waals surface area contributed by atoms with Crippen molar-refractivity contribution in [2.45, 2.75) is 33.1 Å². The van der Waals surface area contributed by atoms with Crippen LogP contribution in [0.15, 0.2) is 36.4 Å². The average Bonchev–Trinajstić information content (AvgIpc) is 2.96. The van der Waals surface area contributed by atoms with Gasteiger partial charge in [-0.25, -0.2) is 0 Å². The molecule has 2 aromatic carbocycles. The summed E-state index contributed by atoms with van der Waals surface area (Å²) < 4.78 is 0. The van der Waals surface area contributed by atoms with Crippen LogP contribution in [0.3, 0.4) is 0 Å². The van der Waals surface area contributed by atoms with Gasteiger partial charge in [0.15, 0.2) is 0 Å². The van der Waals surface area contributed by atoms with E-state index in [2.05, 4.69) is 76.2 Å². The Bertz CT molecular complexity index is 962. The van der Waals surface area contributed by atoms with Gasteiger partial charge < -0.3 is 0 Å². The minimum Gasteiger partial charge on any atom is -0.296 e. The minimum absolute atomic E-state index is 0. The SMILES string of the molecule is Cc1c(-c2[c-]ccc(C(C)(C)C)c2)nc2cccc3c2c1C=C3.[Ir]. The molecular weight excluding hydrogens is 470 g/mol. The molecule has 0 aliphatic heterocycles. The molecule has 0 fully saturated rings. The third-order valence-electron chi connectivity index (χ3n) is 4.69. The molecule has 0 saturated carbocycles. The first-order valence-electron chi connectivity index (χ1n) is 8.09. The Balaban J connectivity index is 0.00000169. The third-order valence-corrected chi connectivity index (χ3v) is 4.69. The molecule has 0 spiro atoms. The molecular formula is C22H20IrN-. The van der Waals surface area contributed by atoms with E-state index in [4.69, 9.17) is 4.98 Å². The van der Waals surface area contributed by atoms with Crippen molar-refractivity contribution >= 4 is 23.1 Å². The summed E-state index contributed by atoms with van der Waals surface area (Å²) in [7, 11) is 0. The van der Waals surface area contributed by atoms with Crippen LogP contribution in [0, 0.1) is 13.0 Å². The molecule has 1 aliphatic carbocycles. The van der Waals surface area contributed by atoms with Crippen LogP contribution in [0.4, 0.5) is 0 Å². The van der Waals surface area contributed by atoms with Crippen LogP contribution >= 0.6 is 0 Å². The van der Waals surface area contributed by atoms with E-state index < -0.39 is 0 Å². The summed E-state index contributed by atoms with van der Waals surface area (Å²) in [4.78, 5) is 4.96. The number of pyridine rings is 1. The summed E-state index contributed by atoms with van der Waals surface area (Å²) in [5, 5.41) is 1.28. The summed E-state index contributed by atoms with van der Waals surface area (Å²) >= 11 is 0. The van der Waals surface area contributed by atoms with Gasteiger partial charge in [0.05, 0.1) is 5.52 Å². The van der Waals surface area contributed by atoms with Crippen molar-refractivity contribution in [1.82, 2.24) is 4.98 Å². The predicted molar refractivity (Wildman–Crippen MR) is 98.4 cm³/mol. The Hall–Kier alpha value is -1.76. The van der Waals surface area contributed by atoms with Crippen molar-refractivity contribution in [2.24, 2.45) is 0 Å². The van der Waals surface area contributed by atoms with Gasteiger partial charge in [-0.2, -0.15) is 0 Å². The summed E-state index contributed by atoms with van der Waals surface area (Å²) in [6.45, 7) is 8.88. The fraction of sp³-hybridized carbons (Fsp3) is 0.227. The smallest absolute Gasteiger partial charge is 0.0607 e. The molecule has 1 aromatic heterocycles. The summed E-state index contributed by atoms with van der Waals surface area (Å²) in [5.74, 6) is 0. The van der Waals surface area contributed by atoms with E-state index in [1.165, 1.54) is 27.6 Å². The first-order valence-corrected chi connectivity index (χ1v) is 8.09. The van der Waals surface area contributed by atoms with E-state index in [-0.39, 0.29) is 25.5 Å². The van der Waals surface area contributed by atoms with E-state index in [1.807, 2.05) is 6.07 Å². The zero-order valence-corrected chi connectivity index (χ0v) is 16.8. The average molecular weight is 491 g/mol. The molecule has 0 N–H and O–H groups in total. The molecule has 0 amide bonds. The standard InChI is InChI=1S/C22H20N.Ir/c1-14-18-12-11-15-7-6-10-19(20(15)18)23-21(14)16-8-5-9-17(13-16)22(2,3)4;/h5-7,9-13H,1-4H3;/q-1;. The first kappa shape index (κ1) is 17.1. The largest absolute Gasteiger partial charge is 0.296 e. The molecule has 1 heterocycles. The van der Waals surface area contributed by atoms with Crippen LogP contribution in [0.2, 0.25) is 0 Å². The van der Waals surface area contributed by atoms with Gasteiger partial charge in [-0.05, 0) is 35.2 Å². The minimum atomic E-state index is 0. The van der Waals surface area contributed by atoms with Crippen LogP contribution in [-0.4, -0.2) is 4.98 Å². The van der Waals surface area contributed by atoms with Crippen molar-refractivity contribution in [2.75, 3.05) is 0 Å². The number of aromatic nitrogens is 1. The number of nitrogens with zero attached hydrogens (tertiary/aromatic N) is 1. The second-order valence-electron chi connectivity index (χ2n) is 7.31. The molecule has 1 radical (unpaired) electrons.